The van der Waals surface area contributed by atoms with Crippen molar-refractivity contribution in [2.45, 2.75) is 33.7 Å². The topological polar surface area (TPSA) is 62.7 Å². The maximum absolute atomic E-state index is 4.37. The van der Waals surface area contributed by atoms with Gasteiger partial charge in [-0.3, -0.25) is 0 Å². The second kappa shape index (κ2) is 5.65. The highest BCUT2D eigenvalue weighted by molar-refractivity contribution is 5.56. The highest BCUT2D eigenvalue weighted by Crippen LogP contribution is 2.17. The highest BCUT2D eigenvalue weighted by Gasteiger charge is 2.03. The van der Waals surface area contributed by atoms with Gasteiger partial charge in [-0.15, -0.1) is 5.10 Å². The van der Waals surface area contributed by atoms with Crippen molar-refractivity contribution in [1.82, 2.24) is 15.2 Å². The Morgan fingerprint density at radius 3 is 2.37 bits per heavy atom. The molecule has 0 aliphatic heterocycles. The molecule has 0 aliphatic rings. The number of hydrogen-bond donors (Lipinski definition) is 2. The van der Waals surface area contributed by atoms with Crippen LogP contribution in [0.2, 0.25) is 0 Å². The maximum atomic E-state index is 4.37. The lowest BCUT2D eigenvalue weighted by atomic mass is 10.1. The van der Waals surface area contributed by atoms with E-state index in [9.17, 15) is 0 Å². The van der Waals surface area contributed by atoms with Gasteiger partial charge in [-0.25, -0.2) is 0 Å². The van der Waals surface area contributed by atoms with Crippen molar-refractivity contribution in [2.75, 3.05) is 10.6 Å². The van der Waals surface area contributed by atoms with Crippen LogP contribution in [0.1, 0.15) is 25.0 Å². The second-order valence-corrected chi connectivity index (χ2v) is 4.97. The molecule has 0 saturated carbocycles. The summed E-state index contributed by atoms with van der Waals surface area (Å²) in [4.78, 5) is 4.37. The normalized spacial score (nSPS) is 10.6. The molecule has 0 unspecified atom stereocenters. The lowest BCUT2D eigenvalue weighted by Gasteiger charge is -2.10. The summed E-state index contributed by atoms with van der Waals surface area (Å²) >= 11 is 0. The first-order valence-corrected chi connectivity index (χ1v) is 6.34. The van der Waals surface area contributed by atoms with E-state index in [1.807, 2.05) is 0 Å². The summed E-state index contributed by atoms with van der Waals surface area (Å²) in [5, 5.41) is 14.3. The van der Waals surface area contributed by atoms with Crippen LogP contribution in [0.3, 0.4) is 0 Å². The van der Waals surface area contributed by atoms with E-state index in [-0.39, 0.29) is 0 Å². The standard InChI is InChI=1S/C14H19N5/c1-9(2)16-13-8-15-19-14(18-13)17-12-6-10(3)5-11(4)7-12/h5-9H,1-4H3,(H2,16,17,18,19). The minimum absolute atomic E-state index is 0.311. The van der Waals surface area contributed by atoms with Gasteiger partial charge in [0.25, 0.3) is 0 Å². The molecule has 0 spiro atoms. The molecule has 2 N–H and O–H groups in total. The minimum atomic E-state index is 0.311. The third-order valence-corrected chi connectivity index (χ3v) is 2.47. The summed E-state index contributed by atoms with van der Waals surface area (Å²) in [5.74, 6) is 1.22. The largest absolute Gasteiger partial charge is 0.366 e. The molecule has 0 bridgehead atoms. The molecule has 0 radical (unpaired) electrons. The Hall–Kier alpha value is -2.17. The van der Waals surface area contributed by atoms with Gasteiger partial charge in [-0.05, 0) is 51.0 Å². The van der Waals surface area contributed by atoms with Crippen molar-refractivity contribution in [3.63, 3.8) is 0 Å². The van der Waals surface area contributed by atoms with Crippen LogP contribution in [0.25, 0.3) is 0 Å². The predicted octanol–water partition coefficient (Wildman–Crippen LogP) is 3.05. The summed E-state index contributed by atoms with van der Waals surface area (Å²) in [6.07, 6.45) is 1.62. The van der Waals surface area contributed by atoms with Gasteiger partial charge < -0.3 is 10.6 Å². The molecular weight excluding hydrogens is 238 g/mol. The molecule has 2 rings (SSSR count). The molecule has 1 aromatic carbocycles. The lowest BCUT2D eigenvalue weighted by Crippen LogP contribution is -2.12. The summed E-state index contributed by atoms with van der Waals surface area (Å²) in [5.41, 5.74) is 3.37. The number of benzene rings is 1. The van der Waals surface area contributed by atoms with Gasteiger partial charge in [0.2, 0.25) is 5.95 Å². The molecule has 1 heterocycles. The van der Waals surface area contributed by atoms with E-state index in [2.05, 4.69) is 71.7 Å². The molecule has 5 heteroatoms. The average molecular weight is 257 g/mol. The summed E-state index contributed by atoms with van der Waals surface area (Å²) in [6, 6.07) is 6.55. The zero-order chi connectivity index (χ0) is 13.8. The SMILES string of the molecule is Cc1cc(C)cc(Nc2nncc(NC(C)C)n2)c1. The number of hydrogen-bond acceptors (Lipinski definition) is 5. The van der Waals surface area contributed by atoms with E-state index in [0.29, 0.717) is 12.0 Å². The van der Waals surface area contributed by atoms with Gasteiger partial charge in [0.15, 0.2) is 5.82 Å². The van der Waals surface area contributed by atoms with Crippen molar-refractivity contribution in [3.05, 3.63) is 35.5 Å². The lowest BCUT2D eigenvalue weighted by molar-refractivity contribution is 0.873. The molecule has 100 valence electrons. The molecular formula is C14H19N5. The van der Waals surface area contributed by atoms with Crippen LogP contribution in [0, 0.1) is 13.8 Å². The van der Waals surface area contributed by atoms with E-state index in [4.69, 9.17) is 0 Å². The highest BCUT2D eigenvalue weighted by atomic mass is 15.3. The van der Waals surface area contributed by atoms with E-state index in [1.165, 1.54) is 11.1 Å². The number of aryl methyl sites for hydroxylation is 2. The average Bonchev–Trinajstić information content (AvgIpc) is 2.26. The van der Waals surface area contributed by atoms with Crippen LogP contribution >= 0.6 is 0 Å². The van der Waals surface area contributed by atoms with Crippen molar-refractivity contribution >= 4 is 17.5 Å². The Morgan fingerprint density at radius 2 is 1.74 bits per heavy atom. The van der Waals surface area contributed by atoms with Crippen LogP contribution in [-0.2, 0) is 0 Å². The zero-order valence-electron chi connectivity index (χ0n) is 11.7. The number of nitrogens with one attached hydrogen (secondary N) is 2. The van der Waals surface area contributed by atoms with Crippen molar-refractivity contribution in [2.24, 2.45) is 0 Å². The Bertz CT molecular complexity index is 545. The van der Waals surface area contributed by atoms with Gasteiger partial charge in [-0.2, -0.15) is 10.1 Å². The summed E-state index contributed by atoms with van der Waals surface area (Å²) in [6.45, 7) is 8.24. The summed E-state index contributed by atoms with van der Waals surface area (Å²) < 4.78 is 0. The fourth-order valence-electron chi connectivity index (χ4n) is 1.90. The van der Waals surface area contributed by atoms with Crippen molar-refractivity contribution < 1.29 is 0 Å². The van der Waals surface area contributed by atoms with Gasteiger partial charge in [0, 0.05) is 11.7 Å². The van der Waals surface area contributed by atoms with E-state index >= 15 is 0 Å². The Labute approximate surface area is 113 Å². The first-order valence-electron chi connectivity index (χ1n) is 6.34. The Kier molecular flexibility index (Phi) is 3.94. The molecule has 5 nitrogen and oxygen atoms in total. The number of anilines is 3. The van der Waals surface area contributed by atoms with Crippen LogP contribution in [0.5, 0.6) is 0 Å². The van der Waals surface area contributed by atoms with Crippen molar-refractivity contribution in [3.8, 4) is 0 Å². The van der Waals surface area contributed by atoms with E-state index in [0.717, 1.165) is 11.5 Å². The minimum Gasteiger partial charge on any atom is -0.366 e. The maximum Gasteiger partial charge on any atom is 0.249 e. The van der Waals surface area contributed by atoms with E-state index < -0.39 is 0 Å². The second-order valence-electron chi connectivity index (χ2n) is 4.97. The smallest absolute Gasteiger partial charge is 0.249 e. The molecule has 0 aliphatic carbocycles. The molecule has 1 aromatic heterocycles. The quantitative estimate of drug-likeness (QED) is 0.881. The molecule has 0 amide bonds. The van der Waals surface area contributed by atoms with Crippen molar-refractivity contribution in [1.29, 1.82) is 0 Å². The van der Waals surface area contributed by atoms with Gasteiger partial charge in [-0.1, -0.05) is 6.07 Å². The summed E-state index contributed by atoms with van der Waals surface area (Å²) in [7, 11) is 0. The molecule has 0 saturated heterocycles. The monoisotopic (exact) mass is 257 g/mol. The van der Waals surface area contributed by atoms with Gasteiger partial charge in [0.05, 0.1) is 6.20 Å². The molecule has 0 atom stereocenters. The Balaban J connectivity index is 2.18. The first-order chi connectivity index (χ1) is 9.02. The first kappa shape index (κ1) is 13.3. The number of rotatable bonds is 4. The van der Waals surface area contributed by atoms with Crippen LogP contribution in [0.4, 0.5) is 17.5 Å². The van der Waals surface area contributed by atoms with Crippen LogP contribution in [0.15, 0.2) is 24.4 Å². The molecule has 0 fully saturated rings. The number of nitrogens with zero attached hydrogens (tertiary/aromatic N) is 3. The van der Waals surface area contributed by atoms with Crippen LogP contribution in [-0.4, -0.2) is 21.2 Å². The molecule has 2 aromatic rings. The van der Waals surface area contributed by atoms with Gasteiger partial charge >= 0.3 is 0 Å². The van der Waals surface area contributed by atoms with Gasteiger partial charge in [0.1, 0.15) is 0 Å². The number of aromatic nitrogens is 3. The van der Waals surface area contributed by atoms with Crippen LogP contribution < -0.4 is 10.6 Å². The van der Waals surface area contributed by atoms with E-state index in [1.54, 1.807) is 6.20 Å². The fourth-order valence-corrected chi connectivity index (χ4v) is 1.90. The zero-order valence-corrected chi connectivity index (χ0v) is 11.7. The Morgan fingerprint density at radius 1 is 1.05 bits per heavy atom. The third kappa shape index (κ3) is 3.91. The fraction of sp³-hybridized carbons (Fsp3) is 0.357. The third-order valence-electron chi connectivity index (χ3n) is 2.47. The predicted molar refractivity (Wildman–Crippen MR) is 77.8 cm³/mol. The molecule has 19 heavy (non-hydrogen) atoms.